The average molecular weight is 354 g/mol. The summed E-state index contributed by atoms with van der Waals surface area (Å²) in [6, 6.07) is 14.3. The number of rotatable bonds is 10. The van der Waals surface area contributed by atoms with Gasteiger partial charge in [-0.1, -0.05) is 44.2 Å². The minimum atomic E-state index is 0.0643. The Morgan fingerprint density at radius 2 is 1.69 bits per heavy atom. The minimum absolute atomic E-state index is 0.0643. The Bertz CT molecular complexity index is 691. The van der Waals surface area contributed by atoms with E-state index in [-0.39, 0.29) is 5.91 Å². The van der Waals surface area contributed by atoms with Gasteiger partial charge in [0.15, 0.2) is 0 Å². The SMILES string of the molecule is CCc1cccc(CC)c1NC(=O)CCNCCc1cccc(OC)c1. The molecule has 0 spiro atoms. The number of carbonyl (C=O) groups excluding carboxylic acids is 1. The van der Waals surface area contributed by atoms with E-state index in [9.17, 15) is 4.79 Å². The number of hydrogen-bond acceptors (Lipinski definition) is 3. The molecule has 0 aliphatic carbocycles. The number of anilines is 1. The third kappa shape index (κ3) is 5.88. The molecule has 0 unspecified atom stereocenters. The van der Waals surface area contributed by atoms with Gasteiger partial charge in [-0.2, -0.15) is 0 Å². The molecule has 4 heteroatoms. The summed E-state index contributed by atoms with van der Waals surface area (Å²) in [5.74, 6) is 0.942. The molecule has 0 bridgehead atoms. The van der Waals surface area contributed by atoms with E-state index in [2.05, 4.69) is 48.7 Å². The Kier molecular flexibility index (Phi) is 8.16. The fourth-order valence-corrected chi connectivity index (χ4v) is 2.99. The lowest BCUT2D eigenvalue weighted by Crippen LogP contribution is -2.24. The molecule has 2 aromatic carbocycles. The third-order valence-corrected chi connectivity index (χ3v) is 4.52. The molecule has 2 N–H and O–H groups in total. The van der Waals surface area contributed by atoms with Gasteiger partial charge in [0.2, 0.25) is 5.91 Å². The van der Waals surface area contributed by atoms with E-state index in [0.29, 0.717) is 13.0 Å². The molecule has 0 saturated carbocycles. The van der Waals surface area contributed by atoms with Crippen LogP contribution in [0.2, 0.25) is 0 Å². The second-order valence-electron chi connectivity index (χ2n) is 6.31. The van der Waals surface area contributed by atoms with E-state index >= 15 is 0 Å². The molecule has 0 aliphatic rings. The number of aryl methyl sites for hydroxylation is 2. The molecule has 1 amide bonds. The summed E-state index contributed by atoms with van der Waals surface area (Å²) >= 11 is 0. The molecule has 0 heterocycles. The first-order valence-electron chi connectivity index (χ1n) is 9.42. The fraction of sp³-hybridized carbons (Fsp3) is 0.409. The van der Waals surface area contributed by atoms with E-state index in [1.54, 1.807) is 7.11 Å². The molecular weight excluding hydrogens is 324 g/mol. The largest absolute Gasteiger partial charge is 0.497 e. The molecule has 0 atom stereocenters. The van der Waals surface area contributed by atoms with Crippen LogP contribution in [0.1, 0.15) is 37.0 Å². The van der Waals surface area contributed by atoms with E-state index in [0.717, 1.165) is 37.2 Å². The monoisotopic (exact) mass is 354 g/mol. The number of ether oxygens (including phenoxy) is 1. The van der Waals surface area contributed by atoms with Gasteiger partial charge >= 0.3 is 0 Å². The predicted octanol–water partition coefficient (Wildman–Crippen LogP) is 3.98. The predicted molar refractivity (Wildman–Crippen MR) is 108 cm³/mol. The van der Waals surface area contributed by atoms with Gasteiger partial charge in [-0.25, -0.2) is 0 Å². The zero-order chi connectivity index (χ0) is 18.8. The number of amides is 1. The lowest BCUT2D eigenvalue weighted by molar-refractivity contribution is -0.116. The summed E-state index contributed by atoms with van der Waals surface area (Å²) < 4.78 is 5.23. The van der Waals surface area contributed by atoms with Crippen molar-refractivity contribution in [3.63, 3.8) is 0 Å². The van der Waals surface area contributed by atoms with Crippen LogP contribution in [0.5, 0.6) is 5.75 Å². The summed E-state index contributed by atoms with van der Waals surface area (Å²) in [6.45, 7) is 5.74. The van der Waals surface area contributed by atoms with Gasteiger partial charge in [0.05, 0.1) is 7.11 Å². The van der Waals surface area contributed by atoms with E-state index in [1.165, 1.54) is 16.7 Å². The Morgan fingerprint density at radius 1 is 1.00 bits per heavy atom. The Morgan fingerprint density at radius 3 is 2.35 bits per heavy atom. The summed E-state index contributed by atoms with van der Waals surface area (Å²) in [7, 11) is 1.68. The number of nitrogens with one attached hydrogen (secondary N) is 2. The van der Waals surface area contributed by atoms with Crippen LogP contribution < -0.4 is 15.4 Å². The van der Waals surface area contributed by atoms with Crippen LogP contribution in [0.3, 0.4) is 0 Å². The topological polar surface area (TPSA) is 50.4 Å². The first kappa shape index (κ1) is 20.0. The van der Waals surface area contributed by atoms with Gasteiger partial charge in [-0.3, -0.25) is 4.79 Å². The molecule has 26 heavy (non-hydrogen) atoms. The molecule has 2 rings (SSSR count). The fourth-order valence-electron chi connectivity index (χ4n) is 2.99. The van der Waals surface area contributed by atoms with Crippen LogP contribution in [0.4, 0.5) is 5.69 Å². The smallest absolute Gasteiger partial charge is 0.225 e. The molecule has 0 fully saturated rings. The molecule has 0 aromatic heterocycles. The van der Waals surface area contributed by atoms with Crippen LogP contribution in [-0.4, -0.2) is 26.1 Å². The highest BCUT2D eigenvalue weighted by Gasteiger charge is 2.09. The van der Waals surface area contributed by atoms with Crippen molar-refractivity contribution in [2.45, 2.75) is 39.5 Å². The first-order chi connectivity index (χ1) is 12.7. The number of hydrogen-bond donors (Lipinski definition) is 2. The highest BCUT2D eigenvalue weighted by molar-refractivity contribution is 5.92. The highest BCUT2D eigenvalue weighted by atomic mass is 16.5. The maximum atomic E-state index is 12.3. The molecule has 2 aromatic rings. The number of methoxy groups -OCH3 is 1. The van der Waals surface area contributed by atoms with Gasteiger partial charge in [-0.05, 0) is 54.6 Å². The zero-order valence-corrected chi connectivity index (χ0v) is 16.1. The van der Waals surface area contributed by atoms with Crippen LogP contribution >= 0.6 is 0 Å². The van der Waals surface area contributed by atoms with Gasteiger partial charge in [0.1, 0.15) is 5.75 Å². The molecule has 0 radical (unpaired) electrons. The number of carbonyl (C=O) groups is 1. The maximum absolute atomic E-state index is 12.3. The van der Waals surface area contributed by atoms with Crippen molar-refractivity contribution < 1.29 is 9.53 Å². The van der Waals surface area contributed by atoms with Gasteiger partial charge in [-0.15, -0.1) is 0 Å². The summed E-state index contributed by atoms with van der Waals surface area (Å²) in [6.07, 6.45) is 3.22. The molecule has 4 nitrogen and oxygen atoms in total. The highest BCUT2D eigenvalue weighted by Crippen LogP contribution is 2.22. The lowest BCUT2D eigenvalue weighted by Gasteiger charge is -2.14. The standard InChI is InChI=1S/C22H30N2O2/c1-4-18-9-7-10-19(5-2)22(18)24-21(25)13-15-23-14-12-17-8-6-11-20(16-17)26-3/h6-11,16,23H,4-5,12-15H2,1-3H3,(H,24,25). The van der Waals surface area contributed by atoms with Crippen molar-refractivity contribution >= 4 is 11.6 Å². The second-order valence-corrected chi connectivity index (χ2v) is 6.31. The van der Waals surface area contributed by atoms with Crippen molar-refractivity contribution in [1.29, 1.82) is 0 Å². The van der Waals surface area contributed by atoms with E-state index in [4.69, 9.17) is 4.74 Å². The summed E-state index contributed by atoms with van der Waals surface area (Å²) in [5.41, 5.74) is 4.62. The Balaban J connectivity index is 1.76. The van der Waals surface area contributed by atoms with Crippen molar-refractivity contribution in [2.24, 2.45) is 0 Å². The molecular formula is C22H30N2O2. The Hall–Kier alpha value is -2.33. The van der Waals surface area contributed by atoms with Gasteiger partial charge < -0.3 is 15.4 Å². The normalized spacial score (nSPS) is 10.6. The maximum Gasteiger partial charge on any atom is 0.225 e. The minimum Gasteiger partial charge on any atom is -0.497 e. The first-order valence-corrected chi connectivity index (χ1v) is 9.42. The molecule has 0 saturated heterocycles. The lowest BCUT2D eigenvalue weighted by atomic mass is 10.0. The van der Waals surface area contributed by atoms with Crippen LogP contribution in [-0.2, 0) is 24.1 Å². The molecule has 0 aliphatic heterocycles. The Labute approximate surface area is 157 Å². The van der Waals surface area contributed by atoms with Crippen molar-refractivity contribution in [2.75, 3.05) is 25.5 Å². The molecule has 140 valence electrons. The zero-order valence-electron chi connectivity index (χ0n) is 16.1. The average Bonchev–Trinajstić information content (AvgIpc) is 2.68. The summed E-state index contributed by atoms with van der Waals surface area (Å²) in [4.78, 5) is 12.3. The van der Waals surface area contributed by atoms with E-state index < -0.39 is 0 Å². The van der Waals surface area contributed by atoms with Crippen molar-refractivity contribution in [3.05, 3.63) is 59.2 Å². The van der Waals surface area contributed by atoms with Crippen LogP contribution in [0.15, 0.2) is 42.5 Å². The van der Waals surface area contributed by atoms with Crippen LogP contribution in [0, 0.1) is 0 Å². The van der Waals surface area contributed by atoms with E-state index in [1.807, 2.05) is 18.2 Å². The van der Waals surface area contributed by atoms with Crippen LogP contribution in [0.25, 0.3) is 0 Å². The third-order valence-electron chi connectivity index (χ3n) is 4.52. The second kappa shape index (κ2) is 10.6. The van der Waals surface area contributed by atoms with Crippen molar-refractivity contribution in [1.82, 2.24) is 5.32 Å². The van der Waals surface area contributed by atoms with Gasteiger partial charge in [0.25, 0.3) is 0 Å². The number of para-hydroxylation sites is 1. The number of benzene rings is 2. The quantitative estimate of drug-likeness (QED) is 0.635. The summed E-state index contributed by atoms with van der Waals surface area (Å²) in [5, 5.41) is 6.45. The van der Waals surface area contributed by atoms with Gasteiger partial charge in [0, 0.05) is 18.7 Å². The van der Waals surface area contributed by atoms with Crippen molar-refractivity contribution in [3.8, 4) is 5.75 Å².